The van der Waals surface area contributed by atoms with E-state index in [4.69, 9.17) is 14.4 Å². The zero-order valence-corrected chi connectivity index (χ0v) is 36.3. The molecule has 9 aromatic carbocycles. The van der Waals surface area contributed by atoms with Crippen LogP contribution in [0.25, 0.3) is 122 Å². The van der Waals surface area contributed by atoms with Gasteiger partial charge < -0.3 is 8.98 Å². The van der Waals surface area contributed by atoms with Gasteiger partial charge in [-0.25, -0.2) is 9.97 Å². The maximum Gasteiger partial charge on any atom is 0.162 e. The predicted octanol–water partition coefficient (Wildman–Crippen LogP) is 15.9. The monoisotopic (exact) mass is 844 g/mol. The molecule has 0 saturated heterocycles. The molecule has 0 saturated carbocycles. The molecule has 4 aromatic heterocycles. The Kier molecular flexibility index (Phi) is 7.68. The fourth-order valence-electron chi connectivity index (χ4n) is 11.0. The molecule has 5 nitrogen and oxygen atoms in total. The molecule has 0 atom stereocenters. The highest BCUT2D eigenvalue weighted by atomic mass is 16.3. The van der Waals surface area contributed by atoms with E-state index >= 15 is 0 Å². The van der Waals surface area contributed by atoms with Crippen LogP contribution < -0.4 is 0 Å². The first-order valence-corrected chi connectivity index (χ1v) is 22.6. The van der Waals surface area contributed by atoms with Gasteiger partial charge in [0, 0.05) is 54.9 Å². The van der Waals surface area contributed by atoms with Crippen molar-refractivity contribution in [1.29, 1.82) is 0 Å². The fraction of sp³-hybridized carbons (Fsp3) is 0.0492. The van der Waals surface area contributed by atoms with Crippen LogP contribution in [0.2, 0.25) is 0 Å². The second-order valence-electron chi connectivity index (χ2n) is 18.2. The quantitative estimate of drug-likeness (QED) is 0.173. The standard InChI is InChI=1S/C61H40N4O/c1-61(2)49-24-12-9-20-41(49)45-34-48-47-33-40(29-31-54(47)65(56(48)35-50(45)61)58-36-51(37-16-5-3-6-17-37)62-60(63-58)38-18-7-4-8-19-38)39-28-30-53-46(32-39)42-21-10-13-25-52(42)64(53)55-26-15-23-44-43-22-11-14-27-57(43)66-59(44)55/h3-36H,1-2H3. The van der Waals surface area contributed by atoms with Crippen LogP contribution in [0.5, 0.6) is 0 Å². The minimum atomic E-state index is -0.173. The van der Waals surface area contributed by atoms with Crippen LogP contribution in [-0.4, -0.2) is 19.1 Å². The van der Waals surface area contributed by atoms with Crippen LogP contribution in [0.3, 0.4) is 0 Å². The molecule has 0 radical (unpaired) electrons. The van der Waals surface area contributed by atoms with E-state index in [-0.39, 0.29) is 5.41 Å². The van der Waals surface area contributed by atoms with Gasteiger partial charge in [0.2, 0.25) is 0 Å². The summed E-state index contributed by atoms with van der Waals surface area (Å²) in [5.41, 5.74) is 17.6. The third-order valence-electron chi connectivity index (χ3n) is 14.1. The number of rotatable bonds is 5. The van der Waals surface area contributed by atoms with Crippen molar-refractivity contribution in [3.63, 3.8) is 0 Å². The van der Waals surface area contributed by atoms with Crippen molar-refractivity contribution >= 4 is 65.6 Å². The van der Waals surface area contributed by atoms with Gasteiger partial charge in [0.05, 0.1) is 33.4 Å². The second kappa shape index (κ2) is 13.7. The number of para-hydroxylation sites is 3. The van der Waals surface area contributed by atoms with E-state index in [0.717, 1.165) is 83.5 Å². The topological polar surface area (TPSA) is 48.8 Å². The van der Waals surface area contributed by atoms with Gasteiger partial charge in [0.15, 0.2) is 11.4 Å². The maximum atomic E-state index is 6.59. The van der Waals surface area contributed by atoms with Crippen LogP contribution in [0, 0.1) is 0 Å². The first-order valence-electron chi connectivity index (χ1n) is 22.6. The summed E-state index contributed by atoms with van der Waals surface area (Å²) in [5, 5.41) is 7.00. The summed E-state index contributed by atoms with van der Waals surface area (Å²) in [6, 6.07) is 74.0. The second-order valence-corrected chi connectivity index (χ2v) is 18.2. The van der Waals surface area contributed by atoms with Crippen molar-refractivity contribution in [1.82, 2.24) is 19.1 Å². The lowest BCUT2D eigenvalue weighted by Crippen LogP contribution is -2.15. The van der Waals surface area contributed by atoms with Crippen molar-refractivity contribution in [3.05, 3.63) is 217 Å². The lowest BCUT2D eigenvalue weighted by molar-refractivity contribution is 0.661. The van der Waals surface area contributed by atoms with E-state index in [9.17, 15) is 0 Å². The van der Waals surface area contributed by atoms with E-state index in [1.807, 2.05) is 18.2 Å². The molecule has 1 aliphatic rings. The predicted molar refractivity (Wildman–Crippen MR) is 272 cm³/mol. The Labute approximate surface area is 380 Å². The molecule has 1 aliphatic carbocycles. The van der Waals surface area contributed by atoms with Crippen molar-refractivity contribution in [2.45, 2.75) is 19.3 Å². The third-order valence-corrected chi connectivity index (χ3v) is 14.1. The minimum Gasteiger partial charge on any atom is -0.454 e. The highest BCUT2D eigenvalue weighted by Gasteiger charge is 2.36. The van der Waals surface area contributed by atoms with Gasteiger partial charge in [0.1, 0.15) is 11.4 Å². The van der Waals surface area contributed by atoms with Gasteiger partial charge in [-0.05, 0) is 88.0 Å². The number of hydrogen-bond acceptors (Lipinski definition) is 3. The Bertz CT molecular complexity index is 4080. The number of fused-ring (bicyclic) bond motifs is 12. The molecule has 66 heavy (non-hydrogen) atoms. The zero-order valence-electron chi connectivity index (χ0n) is 36.3. The van der Waals surface area contributed by atoms with E-state index < -0.39 is 0 Å². The number of furan rings is 1. The fourth-order valence-corrected chi connectivity index (χ4v) is 11.0. The molecule has 0 amide bonds. The SMILES string of the molecule is CC1(C)c2ccccc2-c2cc3c4cc(-c5ccc6c(c5)c5ccccc5n6-c5cccc6c5oc5ccccc56)ccc4n(-c4cc(-c5ccccc5)nc(-c5ccccc5)n4)c3cc21. The molecule has 0 bridgehead atoms. The summed E-state index contributed by atoms with van der Waals surface area (Å²) < 4.78 is 11.3. The van der Waals surface area contributed by atoms with Gasteiger partial charge in [-0.15, -0.1) is 0 Å². The molecule has 310 valence electrons. The maximum absolute atomic E-state index is 6.59. The molecule has 5 heteroatoms. The summed E-state index contributed by atoms with van der Waals surface area (Å²) >= 11 is 0. The number of nitrogens with zero attached hydrogens (tertiary/aromatic N) is 4. The summed E-state index contributed by atoms with van der Waals surface area (Å²) in [6.07, 6.45) is 0. The van der Waals surface area contributed by atoms with Gasteiger partial charge in [0.25, 0.3) is 0 Å². The number of aromatic nitrogens is 4. The summed E-state index contributed by atoms with van der Waals surface area (Å²) in [4.78, 5) is 10.6. The molecule has 0 aliphatic heterocycles. The largest absolute Gasteiger partial charge is 0.454 e. The lowest BCUT2D eigenvalue weighted by Gasteiger charge is -2.21. The average molecular weight is 845 g/mol. The zero-order chi connectivity index (χ0) is 43.7. The van der Waals surface area contributed by atoms with E-state index in [1.165, 1.54) is 43.8 Å². The minimum absolute atomic E-state index is 0.173. The number of hydrogen-bond donors (Lipinski definition) is 0. The Morgan fingerprint density at radius 1 is 0.394 bits per heavy atom. The number of benzene rings is 9. The summed E-state index contributed by atoms with van der Waals surface area (Å²) in [6.45, 7) is 4.70. The highest BCUT2D eigenvalue weighted by Crippen LogP contribution is 2.51. The molecule has 14 rings (SSSR count). The van der Waals surface area contributed by atoms with Crippen LogP contribution in [-0.2, 0) is 5.41 Å². The van der Waals surface area contributed by atoms with Crippen LogP contribution in [0.1, 0.15) is 25.0 Å². The summed E-state index contributed by atoms with van der Waals surface area (Å²) in [5.74, 6) is 1.52. The van der Waals surface area contributed by atoms with Crippen molar-refractivity contribution in [2.75, 3.05) is 0 Å². The van der Waals surface area contributed by atoms with Crippen molar-refractivity contribution < 1.29 is 4.42 Å². The first kappa shape index (κ1) is 36.9. The first-order chi connectivity index (χ1) is 32.5. The molecular formula is C61H40N4O. The molecule has 0 N–H and O–H groups in total. The van der Waals surface area contributed by atoms with E-state index in [0.29, 0.717) is 5.82 Å². The van der Waals surface area contributed by atoms with Crippen LogP contribution >= 0.6 is 0 Å². The summed E-state index contributed by atoms with van der Waals surface area (Å²) in [7, 11) is 0. The Morgan fingerprint density at radius 3 is 1.82 bits per heavy atom. The van der Waals surface area contributed by atoms with Gasteiger partial charge in [-0.3, -0.25) is 4.57 Å². The molecule has 4 heterocycles. The molecule has 13 aromatic rings. The third kappa shape index (κ3) is 5.28. The van der Waals surface area contributed by atoms with Crippen molar-refractivity contribution in [2.24, 2.45) is 0 Å². The average Bonchev–Trinajstić information content (AvgIpc) is 4.08. The van der Waals surface area contributed by atoms with E-state index in [2.05, 4.69) is 211 Å². The van der Waals surface area contributed by atoms with Gasteiger partial charge in [-0.1, -0.05) is 159 Å². The Morgan fingerprint density at radius 2 is 1.02 bits per heavy atom. The lowest BCUT2D eigenvalue weighted by atomic mass is 9.82. The molecule has 0 fully saturated rings. The van der Waals surface area contributed by atoms with Gasteiger partial charge >= 0.3 is 0 Å². The van der Waals surface area contributed by atoms with Gasteiger partial charge in [-0.2, -0.15) is 0 Å². The highest BCUT2D eigenvalue weighted by molar-refractivity contribution is 6.15. The van der Waals surface area contributed by atoms with Crippen LogP contribution in [0.4, 0.5) is 0 Å². The smallest absolute Gasteiger partial charge is 0.162 e. The molecular weight excluding hydrogens is 805 g/mol. The van der Waals surface area contributed by atoms with E-state index in [1.54, 1.807) is 0 Å². The Balaban J connectivity index is 1.01. The molecule has 0 unspecified atom stereocenters. The van der Waals surface area contributed by atoms with Crippen LogP contribution in [0.15, 0.2) is 211 Å². The van der Waals surface area contributed by atoms with Crippen molar-refractivity contribution in [3.8, 4) is 56.4 Å². The molecule has 0 spiro atoms. The Hall–Kier alpha value is -8.54. The normalized spacial score (nSPS) is 13.1.